The van der Waals surface area contributed by atoms with Crippen LogP contribution in [0.5, 0.6) is 0 Å². The lowest BCUT2D eigenvalue weighted by Gasteiger charge is -2.04. The topological polar surface area (TPSA) is 0 Å². The SMILES string of the molecule is CSc1ccc(C)c(Br)c1Br. The molecule has 0 aromatic heterocycles. The first-order valence-electron chi connectivity index (χ1n) is 3.15. The van der Waals surface area contributed by atoms with E-state index in [1.807, 2.05) is 0 Å². The van der Waals surface area contributed by atoms with Crippen molar-refractivity contribution in [3.05, 3.63) is 26.6 Å². The minimum atomic E-state index is 1.16. The molecule has 0 saturated heterocycles. The smallest absolute Gasteiger partial charge is 0.0455 e. The van der Waals surface area contributed by atoms with Gasteiger partial charge < -0.3 is 0 Å². The molecular weight excluding hydrogens is 288 g/mol. The highest BCUT2D eigenvalue weighted by atomic mass is 79.9. The molecule has 0 unspecified atom stereocenters. The molecule has 11 heavy (non-hydrogen) atoms. The van der Waals surface area contributed by atoms with Crippen molar-refractivity contribution in [3.63, 3.8) is 0 Å². The van der Waals surface area contributed by atoms with Crippen molar-refractivity contribution in [3.8, 4) is 0 Å². The van der Waals surface area contributed by atoms with E-state index in [1.54, 1.807) is 11.8 Å². The Labute approximate surface area is 88.0 Å². The first kappa shape index (κ1) is 9.62. The molecule has 1 rings (SSSR count). The molecule has 1 aromatic rings. The van der Waals surface area contributed by atoms with E-state index in [0.717, 1.165) is 8.95 Å². The van der Waals surface area contributed by atoms with Crippen molar-refractivity contribution in [2.45, 2.75) is 11.8 Å². The Morgan fingerprint density at radius 1 is 1.18 bits per heavy atom. The predicted molar refractivity (Wildman–Crippen MR) is 58.4 cm³/mol. The summed E-state index contributed by atoms with van der Waals surface area (Å²) in [4.78, 5) is 1.27. The molecule has 0 bridgehead atoms. The summed E-state index contributed by atoms with van der Waals surface area (Å²) < 4.78 is 2.31. The van der Waals surface area contributed by atoms with Gasteiger partial charge in [0.2, 0.25) is 0 Å². The Bertz CT molecular complexity index is 271. The van der Waals surface area contributed by atoms with Gasteiger partial charge >= 0.3 is 0 Å². The maximum atomic E-state index is 3.52. The molecule has 0 aliphatic rings. The van der Waals surface area contributed by atoms with Crippen LogP contribution in [0.2, 0.25) is 0 Å². The number of benzene rings is 1. The Balaban J connectivity index is 3.25. The van der Waals surface area contributed by atoms with E-state index in [0.29, 0.717) is 0 Å². The van der Waals surface area contributed by atoms with Crippen molar-refractivity contribution in [2.24, 2.45) is 0 Å². The maximum absolute atomic E-state index is 3.52. The lowest BCUT2D eigenvalue weighted by molar-refractivity contribution is 1.30. The first-order valence-corrected chi connectivity index (χ1v) is 5.96. The fourth-order valence-corrected chi connectivity index (χ4v) is 2.68. The Morgan fingerprint density at radius 2 is 1.82 bits per heavy atom. The van der Waals surface area contributed by atoms with Gasteiger partial charge in [0.15, 0.2) is 0 Å². The molecule has 0 saturated carbocycles. The third-order valence-corrected chi connectivity index (χ3v) is 4.88. The molecular formula is C8H8Br2S. The summed E-state index contributed by atoms with van der Waals surface area (Å²) in [5.74, 6) is 0. The van der Waals surface area contributed by atoms with E-state index < -0.39 is 0 Å². The van der Waals surface area contributed by atoms with E-state index in [4.69, 9.17) is 0 Å². The lowest BCUT2D eigenvalue weighted by Crippen LogP contribution is -1.80. The molecule has 60 valence electrons. The van der Waals surface area contributed by atoms with Crippen LogP contribution in [0.25, 0.3) is 0 Å². The van der Waals surface area contributed by atoms with E-state index >= 15 is 0 Å². The average Bonchev–Trinajstić information content (AvgIpc) is 2.01. The highest BCUT2D eigenvalue weighted by molar-refractivity contribution is 9.13. The van der Waals surface area contributed by atoms with Gasteiger partial charge in [-0.2, -0.15) is 0 Å². The number of aryl methyl sites for hydroxylation is 1. The van der Waals surface area contributed by atoms with Crippen molar-refractivity contribution in [1.29, 1.82) is 0 Å². The number of hydrogen-bond donors (Lipinski definition) is 0. The fourth-order valence-electron chi connectivity index (χ4n) is 0.786. The Morgan fingerprint density at radius 3 is 2.36 bits per heavy atom. The average molecular weight is 296 g/mol. The Kier molecular flexibility index (Phi) is 3.47. The highest BCUT2D eigenvalue weighted by Gasteiger charge is 2.04. The quantitative estimate of drug-likeness (QED) is 0.698. The van der Waals surface area contributed by atoms with Gasteiger partial charge in [-0.1, -0.05) is 6.07 Å². The van der Waals surface area contributed by atoms with E-state index in [1.165, 1.54) is 10.5 Å². The van der Waals surface area contributed by atoms with Gasteiger partial charge in [-0.3, -0.25) is 0 Å². The van der Waals surface area contributed by atoms with E-state index in [9.17, 15) is 0 Å². The summed E-state index contributed by atoms with van der Waals surface area (Å²) in [6.07, 6.45) is 2.07. The maximum Gasteiger partial charge on any atom is 0.0455 e. The normalized spacial score (nSPS) is 10.2. The van der Waals surface area contributed by atoms with Gasteiger partial charge in [0.05, 0.1) is 0 Å². The van der Waals surface area contributed by atoms with Crippen LogP contribution in [0.3, 0.4) is 0 Å². The summed E-state index contributed by atoms with van der Waals surface area (Å²) in [6.45, 7) is 2.08. The second-order valence-corrected chi connectivity index (χ2v) is 4.65. The number of thioether (sulfide) groups is 1. The molecule has 0 aliphatic heterocycles. The van der Waals surface area contributed by atoms with Crippen LogP contribution < -0.4 is 0 Å². The van der Waals surface area contributed by atoms with Crippen LogP contribution in [0.15, 0.2) is 26.0 Å². The molecule has 0 aliphatic carbocycles. The molecule has 0 fully saturated rings. The minimum Gasteiger partial charge on any atom is -0.128 e. The molecule has 0 atom stereocenters. The highest BCUT2D eigenvalue weighted by Crippen LogP contribution is 2.34. The van der Waals surface area contributed by atoms with Crippen LogP contribution >= 0.6 is 43.6 Å². The van der Waals surface area contributed by atoms with Crippen LogP contribution in [0.4, 0.5) is 0 Å². The third-order valence-electron chi connectivity index (χ3n) is 1.46. The van der Waals surface area contributed by atoms with Crippen molar-refractivity contribution < 1.29 is 0 Å². The zero-order chi connectivity index (χ0) is 8.43. The van der Waals surface area contributed by atoms with Crippen LogP contribution in [-0.4, -0.2) is 6.26 Å². The predicted octanol–water partition coefficient (Wildman–Crippen LogP) is 4.24. The van der Waals surface area contributed by atoms with E-state index in [2.05, 4.69) is 57.2 Å². The van der Waals surface area contributed by atoms with Gasteiger partial charge in [-0.15, -0.1) is 11.8 Å². The summed E-state index contributed by atoms with van der Waals surface area (Å²) in [5, 5.41) is 0. The number of hydrogen-bond acceptors (Lipinski definition) is 1. The van der Waals surface area contributed by atoms with Crippen LogP contribution in [-0.2, 0) is 0 Å². The van der Waals surface area contributed by atoms with Crippen LogP contribution in [0, 0.1) is 6.92 Å². The van der Waals surface area contributed by atoms with Gasteiger partial charge in [0.25, 0.3) is 0 Å². The first-order chi connectivity index (χ1) is 5.16. The second-order valence-electron chi connectivity index (χ2n) is 2.21. The molecule has 0 heterocycles. The molecule has 0 N–H and O–H groups in total. The largest absolute Gasteiger partial charge is 0.128 e. The Hall–Kier alpha value is 0.530. The molecule has 0 nitrogen and oxygen atoms in total. The van der Waals surface area contributed by atoms with Crippen molar-refractivity contribution >= 4 is 43.6 Å². The lowest BCUT2D eigenvalue weighted by atomic mass is 10.2. The molecule has 0 spiro atoms. The molecule has 1 aromatic carbocycles. The number of halogens is 2. The van der Waals surface area contributed by atoms with Crippen LogP contribution in [0.1, 0.15) is 5.56 Å². The zero-order valence-electron chi connectivity index (χ0n) is 6.32. The van der Waals surface area contributed by atoms with Gasteiger partial charge in [0.1, 0.15) is 0 Å². The third kappa shape index (κ3) is 2.01. The fraction of sp³-hybridized carbons (Fsp3) is 0.250. The summed E-state index contributed by atoms with van der Waals surface area (Å²) in [6, 6.07) is 4.23. The molecule has 0 radical (unpaired) electrons. The summed E-state index contributed by atoms with van der Waals surface area (Å²) >= 11 is 8.78. The van der Waals surface area contributed by atoms with Crippen molar-refractivity contribution in [2.75, 3.05) is 6.26 Å². The summed E-state index contributed by atoms with van der Waals surface area (Å²) in [7, 11) is 0. The summed E-state index contributed by atoms with van der Waals surface area (Å²) in [5.41, 5.74) is 1.26. The van der Waals surface area contributed by atoms with Gasteiger partial charge in [-0.05, 0) is 56.7 Å². The monoisotopic (exact) mass is 294 g/mol. The van der Waals surface area contributed by atoms with E-state index in [-0.39, 0.29) is 0 Å². The molecule has 3 heteroatoms. The molecule has 0 amide bonds. The zero-order valence-corrected chi connectivity index (χ0v) is 10.3. The van der Waals surface area contributed by atoms with Gasteiger partial charge in [0, 0.05) is 13.8 Å². The standard InChI is InChI=1S/C8H8Br2S/c1-5-3-4-6(11-2)8(10)7(5)9/h3-4H,1-2H3. The second kappa shape index (κ2) is 3.97. The number of rotatable bonds is 1. The van der Waals surface area contributed by atoms with Crippen molar-refractivity contribution in [1.82, 2.24) is 0 Å². The minimum absolute atomic E-state index is 1.16. The van der Waals surface area contributed by atoms with Gasteiger partial charge in [-0.25, -0.2) is 0 Å².